The predicted octanol–water partition coefficient (Wildman–Crippen LogP) is 3.58. The fourth-order valence-electron chi connectivity index (χ4n) is 3.19. The third-order valence-electron chi connectivity index (χ3n) is 4.60. The van der Waals surface area contributed by atoms with E-state index in [1.807, 2.05) is 50.2 Å². The normalized spacial score (nSPS) is 16.4. The Morgan fingerprint density at radius 3 is 2.59 bits per heavy atom. The molecule has 0 radical (unpaired) electrons. The highest BCUT2D eigenvalue weighted by molar-refractivity contribution is 6.07. The van der Waals surface area contributed by atoms with Gasteiger partial charge in [0.2, 0.25) is 0 Å². The number of carbonyl (C=O) groups is 2. The predicted molar refractivity (Wildman–Crippen MR) is 105 cm³/mol. The van der Waals surface area contributed by atoms with Gasteiger partial charge < -0.3 is 20.7 Å². The lowest BCUT2D eigenvalue weighted by molar-refractivity contribution is -0.113. The number of hydrogen-bond donors (Lipinski definition) is 3. The Morgan fingerprint density at radius 1 is 1.11 bits per heavy atom. The number of benzene rings is 2. The third kappa shape index (κ3) is 3.79. The minimum atomic E-state index is -0.611. The highest BCUT2D eigenvalue weighted by atomic mass is 16.5. The molecule has 1 aliphatic rings. The van der Waals surface area contributed by atoms with Gasteiger partial charge in [0.15, 0.2) is 0 Å². The van der Waals surface area contributed by atoms with Crippen molar-refractivity contribution in [2.24, 2.45) is 0 Å². The van der Waals surface area contributed by atoms with Crippen LogP contribution < -0.4 is 20.7 Å². The lowest BCUT2D eigenvalue weighted by Crippen LogP contribution is -2.46. The molecule has 1 aliphatic heterocycles. The first-order chi connectivity index (χ1) is 12.9. The van der Waals surface area contributed by atoms with Gasteiger partial charge in [0.25, 0.3) is 5.91 Å². The average molecular weight is 365 g/mol. The Kier molecular flexibility index (Phi) is 5.16. The number of anilines is 1. The summed E-state index contributed by atoms with van der Waals surface area (Å²) in [5, 5.41) is 8.49. The molecule has 2 aromatic rings. The number of urea groups is 1. The molecule has 6 nitrogen and oxygen atoms in total. The van der Waals surface area contributed by atoms with Crippen LogP contribution in [0.25, 0.3) is 0 Å². The second kappa shape index (κ2) is 7.53. The number of para-hydroxylation sites is 1. The minimum absolute atomic E-state index is 0.274. The van der Waals surface area contributed by atoms with Gasteiger partial charge in [-0.2, -0.15) is 0 Å². The lowest BCUT2D eigenvalue weighted by Gasteiger charge is -2.29. The van der Waals surface area contributed by atoms with Gasteiger partial charge in [-0.3, -0.25) is 4.79 Å². The number of hydrogen-bond acceptors (Lipinski definition) is 3. The van der Waals surface area contributed by atoms with E-state index in [0.717, 1.165) is 22.4 Å². The van der Waals surface area contributed by atoms with Gasteiger partial charge in [-0.15, -0.1) is 0 Å². The van der Waals surface area contributed by atoms with Gasteiger partial charge in [0.05, 0.1) is 18.7 Å². The summed E-state index contributed by atoms with van der Waals surface area (Å²) in [5.41, 5.74) is 4.44. The van der Waals surface area contributed by atoms with Crippen molar-refractivity contribution in [3.05, 3.63) is 70.4 Å². The molecule has 1 atom stereocenters. The molecule has 0 aromatic heterocycles. The number of ether oxygens (including phenoxy) is 1. The molecule has 1 heterocycles. The lowest BCUT2D eigenvalue weighted by atomic mass is 9.94. The Balaban J connectivity index is 2.01. The maximum Gasteiger partial charge on any atom is 0.319 e. The van der Waals surface area contributed by atoms with E-state index in [9.17, 15) is 9.59 Å². The molecule has 0 spiro atoms. The summed E-state index contributed by atoms with van der Waals surface area (Å²) in [6, 6.07) is 12.3. The van der Waals surface area contributed by atoms with E-state index in [-0.39, 0.29) is 11.9 Å². The van der Waals surface area contributed by atoms with Gasteiger partial charge in [-0.1, -0.05) is 30.3 Å². The Morgan fingerprint density at radius 2 is 1.85 bits per heavy atom. The van der Waals surface area contributed by atoms with Crippen LogP contribution in [0.5, 0.6) is 5.75 Å². The Bertz CT molecular complexity index is 934. The zero-order valence-electron chi connectivity index (χ0n) is 15.8. The first-order valence-corrected chi connectivity index (χ1v) is 8.70. The summed E-state index contributed by atoms with van der Waals surface area (Å²) >= 11 is 0. The largest absolute Gasteiger partial charge is 0.496 e. The summed E-state index contributed by atoms with van der Waals surface area (Å²) in [6.07, 6.45) is 0. The molecule has 27 heavy (non-hydrogen) atoms. The molecular weight excluding hydrogens is 342 g/mol. The van der Waals surface area contributed by atoms with Crippen LogP contribution in [0.1, 0.15) is 29.7 Å². The average Bonchev–Trinajstić information content (AvgIpc) is 2.63. The van der Waals surface area contributed by atoms with Gasteiger partial charge in [-0.25, -0.2) is 4.79 Å². The standard InChI is InChI=1S/C21H23N3O3/c1-12-9-10-13(2)16(11-12)23-20(25)18-14(3)22-21(26)24-19(18)15-7-5-6-8-17(15)27-4/h5-11,19H,1-4H3,(H,23,25)(H2,22,24,26). The van der Waals surface area contributed by atoms with Gasteiger partial charge in [0.1, 0.15) is 5.75 Å². The fraction of sp³-hybridized carbons (Fsp3) is 0.238. The van der Waals surface area contributed by atoms with Crippen LogP contribution in [-0.2, 0) is 4.79 Å². The maximum atomic E-state index is 13.1. The number of methoxy groups -OCH3 is 1. The molecule has 0 saturated heterocycles. The smallest absolute Gasteiger partial charge is 0.319 e. The quantitative estimate of drug-likeness (QED) is 0.775. The molecule has 0 bridgehead atoms. The number of rotatable bonds is 4. The number of amides is 3. The minimum Gasteiger partial charge on any atom is -0.496 e. The molecule has 3 N–H and O–H groups in total. The van der Waals surface area contributed by atoms with Crippen molar-refractivity contribution in [3.63, 3.8) is 0 Å². The fourth-order valence-corrected chi connectivity index (χ4v) is 3.19. The molecule has 0 fully saturated rings. The van der Waals surface area contributed by atoms with E-state index in [0.29, 0.717) is 17.0 Å². The topological polar surface area (TPSA) is 79.5 Å². The van der Waals surface area contributed by atoms with Crippen LogP contribution in [-0.4, -0.2) is 19.0 Å². The summed E-state index contributed by atoms with van der Waals surface area (Å²) in [5.74, 6) is 0.333. The zero-order chi connectivity index (χ0) is 19.6. The van der Waals surface area contributed by atoms with Crippen LogP contribution in [0.4, 0.5) is 10.5 Å². The van der Waals surface area contributed by atoms with Crippen LogP contribution >= 0.6 is 0 Å². The van der Waals surface area contributed by atoms with E-state index in [1.54, 1.807) is 20.1 Å². The monoisotopic (exact) mass is 365 g/mol. The van der Waals surface area contributed by atoms with E-state index < -0.39 is 6.04 Å². The van der Waals surface area contributed by atoms with Crippen molar-refractivity contribution in [2.45, 2.75) is 26.8 Å². The summed E-state index contributed by atoms with van der Waals surface area (Å²) in [4.78, 5) is 25.2. The van der Waals surface area contributed by atoms with E-state index in [4.69, 9.17) is 4.74 Å². The number of carbonyl (C=O) groups excluding carboxylic acids is 2. The Hall–Kier alpha value is -3.28. The van der Waals surface area contributed by atoms with Gasteiger partial charge in [-0.05, 0) is 44.0 Å². The molecule has 3 rings (SSSR count). The molecule has 0 saturated carbocycles. The van der Waals surface area contributed by atoms with Crippen molar-refractivity contribution in [3.8, 4) is 5.75 Å². The number of nitrogens with one attached hydrogen (secondary N) is 3. The third-order valence-corrected chi connectivity index (χ3v) is 4.60. The number of allylic oxidation sites excluding steroid dienone is 1. The molecule has 0 aliphatic carbocycles. The Labute approximate surface area is 158 Å². The van der Waals surface area contributed by atoms with E-state index in [2.05, 4.69) is 16.0 Å². The number of aryl methyl sites for hydroxylation is 2. The molecule has 6 heteroatoms. The van der Waals surface area contributed by atoms with Gasteiger partial charge in [0, 0.05) is 16.9 Å². The van der Waals surface area contributed by atoms with Crippen LogP contribution in [0.2, 0.25) is 0 Å². The van der Waals surface area contributed by atoms with Crippen molar-refractivity contribution in [1.82, 2.24) is 10.6 Å². The molecular formula is C21H23N3O3. The first kappa shape index (κ1) is 18.5. The zero-order valence-corrected chi connectivity index (χ0v) is 15.8. The second-order valence-corrected chi connectivity index (χ2v) is 6.58. The molecule has 1 unspecified atom stereocenters. The van der Waals surface area contributed by atoms with Crippen molar-refractivity contribution < 1.29 is 14.3 Å². The van der Waals surface area contributed by atoms with Crippen LogP contribution in [0.15, 0.2) is 53.7 Å². The van der Waals surface area contributed by atoms with Crippen LogP contribution in [0, 0.1) is 13.8 Å². The first-order valence-electron chi connectivity index (χ1n) is 8.70. The molecule has 2 aromatic carbocycles. The highest BCUT2D eigenvalue weighted by Crippen LogP contribution is 2.33. The summed E-state index contributed by atoms with van der Waals surface area (Å²) < 4.78 is 5.42. The van der Waals surface area contributed by atoms with E-state index >= 15 is 0 Å². The molecule has 3 amide bonds. The maximum absolute atomic E-state index is 13.1. The van der Waals surface area contributed by atoms with Crippen LogP contribution in [0.3, 0.4) is 0 Å². The SMILES string of the molecule is COc1ccccc1C1NC(=O)NC(C)=C1C(=O)Nc1cc(C)ccc1C. The van der Waals surface area contributed by atoms with Crippen molar-refractivity contribution >= 4 is 17.6 Å². The highest BCUT2D eigenvalue weighted by Gasteiger charge is 2.33. The molecule has 140 valence electrons. The summed E-state index contributed by atoms with van der Waals surface area (Å²) in [7, 11) is 1.56. The van der Waals surface area contributed by atoms with E-state index in [1.165, 1.54) is 0 Å². The van der Waals surface area contributed by atoms with Crippen molar-refractivity contribution in [1.29, 1.82) is 0 Å². The second-order valence-electron chi connectivity index (χ2n) is 6.58. The van der Waals surface area contributed by atoms with Gasteiger partial charge >= 0.3 is 6.03 Å². The van der Waals surface area contributed by atoms with Crippen molar-refractivity contribution in [2.75, 3.05) is 12.4 Å². The summed E-state index contributed by atoms with van der Waals surface area (Å²) in [6.45, 7) is 5.63.